The van der Waals surface area contributed by atoms with Crippen molar-refractivity contribution in [1.29, 1.82) is 0 Å². The Hall–Kier alpha value is -0.157. The Bertz CT molecular complexity index is 165. The molecule has 1 aromatic rings. The van der Waals surface area contributed by atoms with Crippen LogP contribution in [0.5, 0.6) is 0 Å². The van der Waals surface area contributed by atoms with Gasteiger partial charge in [-0.25, -0.2) is 0 Å². The van der Waals surface area contributed by atoms with Crippen LogP contribution in [0.2, 0.25) is 0 Å². The van der Waals surface area contributed by atoms with Crippen molar-refractivity contribution in [1.82, 2.24) is 0 Å². The molecule has 0 N–H and O–H groups in total. The second kappa shape index (κ2) is 3.88. The summed E-state index contributed by atoms with van der Waals surface area (Å²) in [7, 11) is 0. The van der Waals surface area contributed by atoms with Crippen LogP contribution < -0.4 is 0 Å². The zero-order valence-electron chi connectivity index (χ0n) is 6.57. The molecule has 0 amide bonds. The molecule has 0 fully saturated rings. The van der Waals surface area contributed by atoms with E-state index in [0.29, 0.717) is 0 Å². The molecule has 10 heavy (non-hydrogen) atoms. The minimum absolute atomic E-state index is 0. The molecule has 0 spiro atoms. The normalized spacial score (nSPS) is 8.70. The molecule has 0 aliphatic carbocycles. The van der Waals surface area contributed by atoms with Gasteiger partial charge in [-0.2, -0.15) is 0 Å². The summed E-state index contributed by atoms with van der Waals surface area (Å²) in [6.45, 7) is 6.38. The van der Waals surface area contributed by atoms with Gasteiger partial charge in [0, 0.05) is 19.5 Å². The first kappa shape index (κ1) is 9.84. The average Bonchev–Trinajstić information content (AvgIpc) is 1.59. The van der Waals surface area contributed by atoms with Gasteiger partial charge in [0.1, 0.15) is 0 Å². The molecule has 0 unspecified atom stereocenters. The van der Waals surface area contributed by atoms with E-state index in [4.69, 9.17) is 0 Å². The van der Waals surface area contributed by atoms with Gasteiger partial charge in [0.15, 0.2) is 0 Å². The van der Waals surface area contributed by atoms with E-state index in [2.05, 4.69) is 39.0 Å². The maximum Gasteiger partial charge on any atom is 0 e. The van der Waals surface area contributed by atoms with E-state index in [1.807, 2.05) is 0 Å². The molecule has 1 radical (unpaired) electrons. The Labute approximate surface area is 75.4 Å². The molecule has 57 valence electrons. The molecule has 1 aromatic carbocycles. The molecule has 0 saturated heterocycles. The standard InChI is InChI=1S/C9H12.Rh/c1-7-4-8(2)6-9(3)5-7;/h4-6H,1-3H3;. The molecule has 0 bridgehead atoms. The van der Waals surface area contributed by atoms with Crippen molar-refractivity contribution in [3.05, 3.63) is 34.9 Å². The number of benzene rings is 1. The van der Waals surface area contributed by atoms with E-state index in [9.17, 15) is 0 Å². The first-order valence-electron chi connectivity index (χ1n) is 3.23. The van der Waals surface area contributed by atoms with Gasteiger partial charge in [0.05, 0.1) is 0 Å². The SMILES string of the molecule is Cc1cc(C)cc(C)c1.[Rh]. The Morgan fingerprint density at radius 1 is 0.700 bits per heavy atom. The summed E-state index contributed by atoms with van der Waals surface area (Å²) >= 11 is 0. The summed E-state index contributed by atoms with van der Waals surface area (Å²) in [5, 5.41) is 0. The van der Waals surface area contributed by atoms with Crippen molar-refractivity contribution in [2.24, 2.45) is 0 Å². The van der Waals surface area contributed by atoms with Gasteiger partial charge >= 0.3 is 0 Å². The van der Waals surface area contributed by atoms with Crippen LogP contribution in [0.1, 0.15) is 16.7 Å². The van der Waals surface area contributed by atoms with Crippen molar-refractivity contribution in [2.45, 2.75) is 20.8 Å². The van der Waals surface area contributed by atoms with Gasteiger partial charge < -0.3 is 0 Å². The predicted molar refractivity (Wildman–Crippen MR) is 40.7 cm³/mol. The Morgan fingerprint density at radius 2 is 0.900 bits per heavy atom. The van der Waals surface area contributed by atoms with E-state index in [1.165, 1.54) is 16.7 Å². The van der Waals surface area contributed by atoms with Crippen LogP contribution in [-0.4, -0.2) is 0 Å². The molecule has 0 aliphatic heterocycles. The minimum Gasteiger partial charge on any atom is -0.0564 e. The van der Waals surface area contributed by atoms with Gasteiger partial charge in [-0.05, 0) is 20.8 Å². The topological polar surface area (TPSA) is 0 Å². The van der Waals surface area contributed by atoms with Crippen LogP contribution in [0, 0.1) is 20.8 Å². The zero-order valence-corrected chi connectivity index (χ0v) is 8.20. The Balaban J connectivity index is 0.000000810. The van der Waals surface area contributed by atoms with Crippen molar-refractivity contribution < 1.29 is 19.5 Å². The summed E-state index contributed by atoms with van der Waals surface area (Å²) in [5.41, 5.74) is 4.06. The van der Waals surface area contributed by atoms with Gasteiger partial charge in [0.2, 0.25) is 0 Å². The van der Waals surface area contributed by atoms with Crippen molar-refractivity contribution in [3.63, 3.8) is 0 Å². The number of rotatable bonds is 0. The van der Waals surface area contributed by atoms with E-state index < -0.39 is 0 Å². The van der Waals surface area contributed by atoms with Crippen LogP contribution in [0.4, 0.5) is 0 Å². The van der Waals surface area contributed by atoms with Crippen molar-refractivity contribution in [2.75, 3.05) is 0 Å². The van der Waals surface area contributed by atoms with E-state index in [0.717, 1.165) is 0 Å². The second-order valence-corrected chi connectivity index (χ2v) is 2.67. The fourth-order valence-electron chi connectivity index (χ4n) is 1.20. The first-order chi connectivity index (χ1) is 4.18. The fraction of sp³-hybridized carbons (Fsp3) is 0.333. The molecular formula is C9H12Rh. The molecule has 0 aliphatic rings. The summed E-state index contributed by atoms with van der Waals surface area (Å²) in [5.74, 6) is 0. The van der Waals surface area contributed by atoms with Gasteiger partial charge in [0.25, 0.3) is 0 Å². The van der Waals surface area contributed by atoms with Crippen LogP contribution in [0.3, 0.4) is 0 Å². The molecular weight excluding hydrogens is 211 g/mol. The third kappa shape index (κ3) is 2.62. The zero-order chi connectivity index (χ0) is 6.85. The summed E-state index contributed by atoms with van der Waals surface area (Å²) in [6.07, 6.45) is 0. The Kier molecular flexibility index (Phi) is 3.82. The molecule has 0 heterocycles. The van der Waals surface area contributed by atoms with E-state index in [1.54, 1.807) is 0 Å². The van der Waals surface area contributed by atoms with Crippen LogP contribution in [0.15, 0.2) is 18.2 Å². The molecule has 1 rings (SSSR count). The maximum absolute atomic E-state index is 2.19. The van der Waals surface area contributed by atoms with Crippen molar-refractivity contribution >= 4 is 0 Å². The molecule has 0 nitrogen and oxygen atoms in total. The smallest absolute Gasteiger partial charge is 0 e. The monoisotopic (exact) mass is 223 g/mol. The van der Waals surface area contributed by atoms with Crippen LogP contribution >= 0.6 is 0 Å². The van der Waals surface area contributed by atoms with Gasteiger partial charge in [-0.15, -0.1) is 0 Å². The van der Waals surface area contributed by atoms with Gasteiger partial charge in [-0.3, -0.25) is 0 Å². The van der Waals surface area contributed by atoms with E-state index >= 15 is 0 Å². The minimum atomic E-state index is 0. The van der Waals surface area contributed by atoms with Gasteiger partial charge in [-0.1, -0.05) is 34.9 Å². The second-order valence-electron chi connectivity index (χ2n) is 2.67. The molecule has 1 heteroatoms. The number of hydrogen-bond acceptors (Lipinski definition) is 0. The number of aryl methyl sites for hydroxylation is 3. The third-order valence-electron chi connectivity index (χ3n) is 1.37. The largest absolute Gasteiger partial charge is 0.0564 e. The average molecular weight is 223 g/mol. The third-order valence-corrected chi connectivity index (χ3v) is 1.37. The molecule has 0 atom stereocenters. The first-order valence-corrected chi connectivity index (χ1v) is 3.23. The molecule has 0 aromatic heterocycles. The summed E-state index contributed by atoms with van der Waals surface area (Å²) < 4.78 is 0. The maximum atomic E-state index is 2.19. The fourth-order valence-corrected chi connectivity index (χ4v) is 1.20. The van der Waals surface area contributed by atoms with E-state index in [-0.39, 0.29) is 19.5 Å². The predicted octanol–water partition coefficient (Wildman–Crippen LogP) is 2.61. The quantitative estimate of drug-likeness (QED) is 0.593. The molecule has 0 saturated carbocycles. The van der Waals surface area contributed by atoms with Crippen LogP contribution in [0.25, 0.3) is 0 Å². The van der Waals surface area contributed by atoms with Crippen LogP contribution in [-0.2, 0) is 19.5 Å². The van der Waals surface area contributed by atoms with Crippen molar-refractivity contribution in [3.8, 4) is 0 Å². The Morgan fingerprint density at radius 3 is 1.10 bits per heavy atom. The summed E-state index contributed by atoms with van der Waals surface area (Å²) in [6, 6.07) is 6.56. The summed E-state index contributed by atoms with van der Waals surface area (Å²) in [4.78, 5) is 0. The number of hydrogen-bond donors (Lipinski definition) is 0.